The van der Waals surface area contributed by atoms with E-state index >= 15 is 0 Å². The van der Waals surface area contributed by atoms with Gasteiger partial charge >= 0.3 is 0 Å². The molecule has 0 aromatic heterocycles. The maximum atomic E-state index is 12.3. The quantitative estimate of drug-likeness (QED) is 0.509. The van der Waals surface area contributed by atoms with Gasteiger partial charge in [0, 0.05) is 23.0 Å². The Morgan fingerprint density at radius 1 is 0.750 bits per heavy atom. The van der Waals surface area contributed by atoms with Crippen molar-refractivity contribution in [1.82, 2.24) is 0 Å². The zero-order valence-corrected chi connectivity index (χ0v) is 15.0. The number of amides is 2. The molecule has 0 aliphatic carbocycles. The first-order chi connectivity index (χ1) is 13.5. The van der Waals surface area contributed by atoms with E-state index in [1.165, 1.54) is 18.2 Å². The smallest absolute Gasteiger partial charge is 0.282 e. The summed E-state index contributed by atoms with van der Waals surface area (Å²) in [5.74, 6) is -0.807. The number of nitrogens with one attached hydrogen (secondary N) is 2. The van der Waals surface area contributed by atoms with Gasteiger partial charge in [-0.15, -0.1) is 0 Å². The number of carbonyl (C=O) groups excluding carboxylic acids is 2. The fraction of sp³-hybridized carbons (Fsp3) is 0.0476. The molecule has 3 rings (SSSR count). The van der Waals surface area contributed by atoms with Crippen LogP contribution in [0.2, 0.25) is 0 Å². The second-order valence-corrected chi connectivity index (χ2v) is 6.07. The maximum absolute atomic E-state index is 12.3. The highest BCUT2D eigenvalue weighted by molar-refractivity contribution is 6.07. The average molecular weight is 375 g/mol. The number of nitro benzene ring substituents is 1. The number of nitrogens with zero attached hydrogens (tertiary/aromatic N) is 1. The highest BCUT2D eigenvalue weighted by Crippen LogP contribution is 2.21. The van der Waals surface area contributed by atoms with Crippen LogP contribution >= 0.6 is 0 Å². The van der Waals surface area contributed by atoms with Crippen LogP contribution in [0.4, 0.5) is 17.1 Å². The van der Waals surface area contributed by atoms with Gasteiger partial charge in [-0.25, -0.2) is 0 Å². The Morgan fingerprint density at radius 2 is 1.21 bits per heavy atom. The molecule has 7 heteroatoms. The Labute approximate surface area is 161 Å². The number of anilines is 2. The van der Waals surface area contributed by atoms with Crippen molar-refractivity contribution >= 4 is 28.9 Å². The molecular weight excluding hydrogens is 358 g/mol. The number of para-hydroxylation sites is 1. The Kier molecular flexibility index (Phi) is 5.45. The summed E-state index contributed by atoms with van der Waals surface area (Å²) >= 11 is 0. The van der Waals surface area contributed by atoms with Crippen molar-refractivity contribution < 1.29 is 14.5 Å². The van der Waals surface area contributed by atoms with Gasteiger partial charge in [0.2, 0.25) is 0 Å². The molecule has 0 unspecified atom stereocenters. The molecule has 0 saturated heterocycles. The minimum Gasteiger partial charge on any atom is -0.322 e. The molecular formula is C21H17N3O4. The van der Waals surface area contributed by atoms with Crippen molar-refractivity contribution in [2.24, 2.45) is 0 Å². The van der Waals surface area contributed by atoms with Gasteiger partial charge in [0.25, 0.3) is 17.5 Å². The fourth-order valence-electron chi connectivity index (χ4n) is 2.69. The van der Waals surface area contributed by atoms with Crippen molar-refractivity contribution in [3.8, 4) is 0 Å². The standard InChI is InChI=1S/C21H17N3O4/c1-14-6-2-3-7-17(14)20(25)22-15-10-12-16(13-11-15)23-21(26)18-8-4-5-9-19(18)24(27)28/h2-13H,1H3,(H,22,25)(H,23,26). The largest absolute Gasteiger partial charge is 0.322 e. The summed E-state index contributed by atoms with van der Waals surface area (Å²) < 4.78 is 0. The third-order valence-corrected chi connectivity index (χ3v) is 4.14. The molecule has 7 nitrogen and oxygen atoms in total. The minimum atomic E-state index is -0.598. The van der Waals surface area contributed by atoms with E-state index in [-0.39, 0.29) is 17.2 Å². The van der Waals surface area contributed by atoms with Crippen LogP contribution in [0.5, 0.6) is 0 Å². The zero-order valence-electron chi connectivity index (χ0n) is 15.0. The lowest BCUT2D eigenvalue weighted by Gasteiger charge is -2.09. The van der Waals surface area contributed by atoms with E-state index < -0.39 is 10.8 Å². The second-order valence-electron chi connectivity index (χ2n) is 6.07. The van der Waals surface area contributed by atoms with Gasteiger partial charge in [-0.3, -0.25) is 19.7 Å². The third-order valence-electron chi connectivity index (χ3n) is 4.14. The molecule has 3 aromatic rings. The number of hydrogen-bond acceptors (Lipinski definition) is 4. The van der Waals surface area contributed by atoms with Gasteiger partial charge in [-0.1, -0.05) is 30.3 Å². The SMILES string of the molecule is Cc1ccccc1C(=O)Nc1ccc(NC(=O)c2ccccc2[N+](=O)[O-])cc1. The van der Waals surface area contributed by atoms with E-state index in [1.54, 1.807) is 42.5 Å². The third kappa shape index (κ3) is 4.21. The molecule has 0 fully saturated rings. The van der Waals surface area contributed by atoms with Crippen LogP contribution < -0.4 is 10.6 Å². The van der Waals surface area contributed by atoms with E-state index in [1.807, 2.05) is 19.1 Å². The molecule has 0 atom stereocenters. The number of rotatable bonds is 5. The summed E-state index contributed by atoms with van der Waals surface area (Å²) in [6.45, 7) is 1.86. The molecule has 0 aliphatic heterocycles. The molecule has 2 amide bonds. The average Bonchev–Trinajstić information content (AvgIpc) is 2.69. The molecule has 28 heavy (non-hydrogen) atoms. The van der Waals surface area contributed by atoms with Crippen LogP contribution in [-0.2, 0) is 0 Å². The fourth-order valence-corrected chi connectivity index (χ4v) is 2.69. The summed E-state index contributed by atoms with van der Waals surface area (Å²) in [7, 11) is 0. The second kappa shape index (κ2) is 8.13. The molecule has 0 spiro atoms. The van der Waals surface area contributed by atoms with E-state index in [0.29, 0.717) is 16.9 Å². The van der Waals surface area contributed by atoms with E-state index in [2.05, 4.69) is 10.6 Å². The first-order valence-corrected chi connectivity index (χ1v) is 8.47. The predicted octanol–water partition coefficient (Wildman–Crippen LogP) is 4.41. The van der Waals surface area contributed by atoms with Crippen molar-refractivity contribution in [2.45, 2.75) is 6.92 Å². The predicted molar refractivity (Wildman–Crippen MR) is 107 cm³/mol. The van der Waals surface area contributed by atoms with Crippen molar-refractivity contribution in [1.29, 1.82) is 0 Å². The zero-order chi connectivity index (χ0) is 20.1. The topological polar surface area (TPSA) is 101 Å². The Bertz CT molecular complexity index is 1050. The molecule has 2 N–H and O–H groups in total. The van der Waals surface area contributed by atoms with E-state index in [4.69, 9.17) is 0 Å². The van der Waals surface area contributed by atoms with Gasteiger partial charge < -0.3 is 10.6 Å². The number of hydrogen-bond donors (Lipinski definition) is 2. The monoisotopic (exact) mass is 375 g/mol. The number of nitro groups is 1. The number of aryl methyl sites for hydroxylation is 1. The van der Waals surface area contributed by atoms with E-state index in [9.17, 15) is 19.7 Å². The lowest BCUT2D eigenvalue weighted by atomic mass is 10.1. The Morgan fingerprint density at radius 3 is 1.75 bits per heavy atom. The summed E-state index contributed by atoms with van der Waals surface area (Å²) in [5, 5.41) is 16.5. The van der Waals surface area contributed by atoms with Gasteiger partial charge in [-0.05, 0) is 48.9 Å². The van der Waals surface area contributed by atoms with Gasteiger partial charge in [-0.2, -0.15) is 0 Å². The van der Waals surface area contributed by atoms with Crippen LogP contribution in [0.3, 0.4) is 0 Å². The lowest BCUT2D eigenvalue weighted by Crippen LogP contribution is -2.15. The number of carbonyl (C=O) groups is 2. The van der Waals surface area contributed by atoms with Crippen molar-refractivity contribution in [3.05, 3.63) is 99.6 Å². The Hall–Kier alpha value is -4.00. The van der Waals surface area contributed by atoms with E-state index in [0.717, 1.165) is 5.56 Å². The van der Waals surface area contributed by atoms with Gasteiger partial charge in [0.1, 0.15) is 5.56 Å². The molecule has 140 valence electrons. The molecule has 0 bridgehead atoms. The van der Waals surface area contributed by atoms with Crippen LogP contribution in [0.15, 0.2) is 72.8 Å². The van der Waals surface area contributed by atoms with Gasteiger partial charge in [0.05, 0.1) is 4.92 Å². The molecule has 0 heterocycles. The van der Waals surface area contributed by atoms with Crippen LogP contribution in [0, 0.1) is 17.0 Å². The lowest BCUT2D eigenvalue weighted by molar-refractivity contribution is -0.385. The molecule has 0 aliphatic rings. The first kappa shape index (κ1) is 18.8. The molecule has 0 saturated carbocycles. The van der Waals surface area contributed by atoms with Crippen LogP contribution in [0.25, 0.3) is 0 Å². The molecule has 3 aromatic carbocycles. The normalized spacial score (nSPS) is 10.2. The highest BCUT2D eigenvalue weighted by atomic mass is 16.6. The van der Waals surface area contributed by atoms with Crippen LogP contribution in [0.1, 0.15) is 26.3 Å². The van der Waals surface area contributed by atoms with Crippen molar-refractivity contribution in [2.75, 3.05) is 10.6 Å². The summed E-state index contributed by atoms with van der Waals surface area (Å²) in [4.78, 5) is 35.1. The van der Waals surface area contributed by atoms with Crippen molar-refractivity contribution in [3.63, 3.8) is 0 Å². The Balaban J connectivity index is 1.70. The summed E-state index contributed by atoms with van der Waals surface area (Å²) in [5.41, 5.74) is 2.19. The first-order valence-electron chi connectivity index (χ1n) is 8.47. The number of benzene rings is 3. The highest BCUT2D eigenvalue weighted by Gasteiger charge is 2.19. The summed E-state index contributed by atoms with van der Waals surface area (Å²) in [6.07, 6.45) is 0. The molecule has 0 radical (unpaired) electrons. The van der Waals surface area contributed by atoms with Crippen LogP contribution in [-0.4, -0.2) is 16.7 Å². The maximum Gasteiger partial charge on any atom is 0.282 e. The minimum absolute atomic E-state index is 0.0237. The van der Waals surface area contributed by atoms with Gasteiger partial charge in [0.15, 0.2) is 0 Å². The summed E-state index contributed by atoms with van der Waals surface area (Å²) in [6, 6.07) is 19.5.